The van der Waals surface area contributed by atoms with Crippen molar-refractivity contribution in [1.82, 2.24) is 14.8 Å². The third-order valence-electron chi connectivity index (χ3n) is 6.79. The fourth-order valence-electron chi connectivity index (χ4n) is 4.83. The molecule has 0 spiro atoms. The number of pyridine rings is 1. The number of nitrogens with zero attached hydrogens (tertiary/aromatic N) is 3. The van der Waals surface area contributed by atoms with E-state index in [-0.39, 0.29) is 12.0 Å². The Morgan fingerprint density at radius 1 is 0.939 bits per heavy atom. The number of aromatic nitrogens is 1. The molecule has 0 unspecified atom stereocenters. The standard InChI is InChI=1S/C27H37N3O3/c1-2-21-32-24-6-3-22(4-7-24)5-8-27(31)30-17-11-23(12-18-30)29-19-13-26(14-20-29)33-25-9-15-28-16-10-25/h3-4,6-7,9-10,15-16,23,26H,2,5,8,11-14,17-21H2,1H3. The number of hydrogen-bond acceptors (Lipinski definition) is 5. The molecule has 3 heterocycles. The molecule has 1 aromatic carbocycles. The Morgan fingerprint density at radius 3 is 2.30 bits per heavy atom. The first-order valence-electron chi connectivity index (χ1n) is 12.5. The molecular weight excluding hydrogens is 414 g/mol. The highest BCUT2D eigenvalue weighted by Gasteiger charge is 2.30. The first-order chi connectivity index (χ1) is 16.2. The van der Waals surface area contributed by atoms with E-state index in [1.165, 1.54) is 5.56 Å². The second-order valence-corrected chi connectivity index (χ2v) is 9.14. The van der Waals surface area contributed by atoms with Gasteiger partial charge in [0.1, 0.15) is 17.6 Å². The van der Waals surface area contributed by atoms with Crippen LogP contribution in [0.15, 0.2) is 48.8 Å². The predicted molar refractivity (Wildman–Crippen MR) is 130 cm³/mol. The van der Waals surface area contributed by atoms with Gasteiger partial charge in [0.25, 0.3) is 0 Å². The van der Waals surface area contributed by atoms with Crippen LogP contribution >= 0.6 is 0 Å². The topological polar surface area (TPSA) is 54.9 Å². The van der Waals surface area contributed by atoms with Gasteiger partial charge >= 0.3 is 0 Å². The van der Waals surface area contributed by atoms with Gasteiger partial charge in [-0.3, -0.25) is 14.7 Å². The number of likely N-dealkylation sites (tertiary alicyclic amines) is 2. The minimum Gasteiger partial charge on any atom is -0.494 e. The molecule has 0 bridgehead atoms. The van der Waals surface area contributed by atoms with Crippen LogP contribution in [-0.4, -0.2) is 65.6 Å². The van der Waals surface area contributed by atoms with Gasteiger partial charge in [-0.2, -0.15) is 0 Å². The average molecular weight is 452 g/mol. The van der Waals surface area contributed by atoms with Crippen molar-refractivity contribution < 1.29 is 14.3 Å². The van der Waals surface area contributed by atoms with Gasteiger partial charge in [-0.25, -0.2) is 0 Å². The largest absolute Gasteiger partial charge is 0.494 e. The Morgan fingerprint density at radius 2 is 1.64 bits per heavy atom. The van der Waals surface area contributed by atoms with Crippen molar-refractivity contribution in [1.29, 1.82) is 0 Å². The molecule has 6 nitrogen and oxygen atoms in total. The summed E-state index contributed by atoms with van der Waals surface area (Å²) in [5.41, 5.74) is 1.19. The van der Waals surface area contributed by atoms with Crippen molar-refractivity contribution in [3.05, 3.63) is 54.4 Å². The van der Waals surface area contributed by atoms with E-state index >= 15 is 0 Å². The number of carbonyl (C=O) groups is 1. The zero-order chi connectivity index (χ0) is 22.9. The molecule has 2 fully saturated rings. The summed E-state index contributed by atoms with van der Waals surface area (Å²) in [5.74, 6) is 2.10. The Labute approximate surface area is 197 Å². The second kappa shape index (κ2) is 12.0. The molecule has 6 heteroatoms. The number of carbonyl (C=O) groups excluding carboxylic acids is 1. The van der Waals surface area contributed by atoms with Gasteiger partial charge in [0.05, 0.1) is 6.61 Å². The van der Waals surface area contributed by atoms with Crippen LogP contribution in [0.2, 0.25) is 0 Å². The van der Waals surface area contributed by atoms with E-state index in [4.69, 9.17) is 9.47 Å². The zero-order valence-corrected chi connectivity index (χ0v) is 19.8. The molecule has 4 rings (SSSR count). The van der Waals surface area contributed by atoms with E-state index in [0.717, 1.165) is 82.8 Å². The summed E-state index contributed by atoms with van der Waals surface area (Å²) >= 11 is 0. The first kappa shape index (κ1) is 23.6. The lowest BCUT2D eigenvalue weighted by Crippen LogP contribution is -2.50. The Hall–Kier alpha value is -2.60. The molecular formula is C27H37N3O3. The monoisotopic (exact) mass is 451 g/mol. The summed E-state index contributed by atoms with van der Waals surface area (Å²) in [7, 11) is 0. The van der Waals surface area contributed by atoms with E-state index < -0.39 is 0 Å². The lowest BCUT2D eigenvalue weighted by atomic mass is 9.98. The van der Waals surface area contributed by atoms with Crippen molar-refractivity contribution >= 4 is 5.91 Å². The molecule has 33 heavy (non-hydrogen) atoms. The van der Waals surface area contributed by atoms with Gasteiger partial charge in [0.2, 0.25) is 5.91 Å². The maximum absolute atomic E-state index is 12.7. The van der Waals surface area contributed by atoms with Crippen LogP contribution in [0.5, 0.6) is 11.5 Å². The van der Waals surface area contributed by atoms with E-state index in [1.54, 1.807) is 12.4 Å². The molecule has 2 aliphatic heterocycles. The van der Waals surface area contributed by atoms with Crippen molar-refractivity contribution in [2.45, 2.75) is 64.0 Å². The smallest absolute Gasteiger partial charge is 0.222 e. The highest BCUT2D eigenvalue weighted by molar-refractivity contribution is 5.76. The summed E-state index contributed by atoms with van der Waals surface area (Å²) in [4.78, 5) is 21.5. The molecule has 0 radical (unpaired) electrons. The SMILES string of the molecule is CCCOc1ccc(CCC(=O)N2CCC(N3CCC(Oc4ccncc4)CC3)CC2)cc1. The fraction of sp³-hybridized carbons (Fsp3) is 0.556. The van der Waals surface area contributed by atoms with Crippen molar-refractivity contribution in [3.8, 4) is 11.5 Å². The first-order valence-corrected chi connectivity index (χ1v) is 12.5. The van der Waals surface area contributed by atoms with Gasteiger partial charge in [0.15, 0.2) is 0 Å². The minimum absolute atomic E-state index is 0.282. The van der Waals surface area contributed by atoms with Crippen LogP contribution in [0.25, 0.3) is 0 Å². The van der Waals surface area contributed by atoms with Crippen molar-refractivity contribution in [2.75, 3.05) is 32.8 Å². The maximum Gasteiger partial charge on any atom is 0.222 e. The Balaban J connectivity index is 1.14. The summed E-state index contributed by atoms with van der Waals surface area (Å²) in [6.45, 7) is 6.75. The lowest BCUT2D eigenvalue weighted by Gasteiger charge is -2.41. The van der Waals surface area contributed by atoms with Crippen molar-refractivity contribution in [3.63, 3.8) is 0 Å². The fourth-order valence-corrected chi connectivity index (χ4v) is 4.83. The molecule has 1 amide bonds. The van der Waals surface area contributed by atoms with Crippen LogP contribution in [0.3, 0.4) is 0 Å². The van der Waals surface area contributed by atoms with Crippen LogP contribution in [0.4, 0.5) is 0 Å². The average Bonchev–Trinajstić information content (AvgIpc) is 2.88. The second-order valence-electron chi connectivity index (χ2n) is 9.14. The van der Waals surface area contributed by atoms with Gasteiger partial charge in [-0.15, -0.1) is 0 Å². The van der Waals surface area contributed by atoms with Crippen LogP contribution in [0.1, 0.15) is 51.0 Å². The normalized spacial score (nSPS) is 18.3. The van der Waals surface area contributed by atoms with Crippen molar-refractivity contribution in [2.24, 2.45) is 0 Å². The lowest BCUT2D eigenvalue weighted by molar-refractivity contribution is -0.132. The number of hydrogen-bond donors (Lipinski definition) is 0. The molecule has 0 saturated carbocycles. The van der Waals surface area contributed by atoms with E-state index in [0.29, 0.717) is 12.5 Å². The number of aryl methyl sites for hydroxylation is 1. The van der Waals surface area contributed by atoms with E-state index in [1.807, 2.05) is 24.3 Å². The molecule has 0 atom stereocenters. The van der Waals surface area contributed by atoms with Gasteiger partial charge in [-0.05, 0) is 68.4 Å². The summed E-state index contributed by atoms with van der Waals surface area (Å²) in [5, 5.41) is 0. The molecule has 2 aliphatic rings. The molecule has 2 aromatic rings. The highest BCUT2D eigenvalue weighted by Crippen LogP contribution is 2.24. The summed E-state index contributed by atoms with van der Waals surface area (Å²) < 4.78 is 11.7. The maximum atomic E-state index is 12.7. The number of piperidine rings is 2. The number of rotatable bonds is 9. The summed E-state index contributed by atoms with van der Waals surface area (Å²) in [6.07, 6.45) is 10.5. The Bertz CT molecular complexity index is 843. The minimum atomic E-state index is 0.282. The molecule has 0 aliphatic carbocycles. The Kier molecular flexibility index (Phi) is 8.59. The quantitative estimate of drug-likeness (QED) is 0.568. The predicted octanol–water partition coefficient (Wildman–Crippen LogP) is 4.34. The van der Waals surface area contributed by atoms with E-state index in [9.17, 15) is 4.79 Å². The molecule has 0 N–H and O–H groups in total. The van der Waals surface area contributed by atoms with Crippen LogP contribution in [0, 0.1) is 0 Å². The molecule has 1 aromatic heterocycles. The van der Waals surface area contributed by atoms with Crippen LogP contribution in [-0.2, 0) is 11.2 Å². The highest BCUT2D eigenvalue weighted by atomic mass is 16.5. The number of amides is 1. The zero-order valence-electron chi connectivity index (χ0n) is 19.8. The third-order valence-corrected chi connectivity index (χ3v) is 6.79. The van der Waals surface area contributed by atoms with Gasteiger partial charge in [0, 0.05) is 51.0 Å². The molecule has 2 saturated heterocycles. The van der Waals surface area contributed by atoms with Crippen LogP contribution < -0.4 is 9.47 Å². The number of ether oxygens (including phenoxy) is 2. The molecule has 178 valence electrons. The van der Waals surface area contributed by atoms with Gasteiger partial charge in [-0.1, -0.05) is 19.1 Å². The summed E-state index contributed by atoms with van der Waals surface area (Å²) in [6, 6.07) is 12.6. The van der Waals surface area contributed by atoms with E-state index in [2.05, 4.69) is 33.8 Å². The number of benzene rings is 1. The third kappa shape index (κ3) is 6.94. The van der Waals surface area contributed by atoms with Gasteiger partial charge < -0.3 is 14.4 Å².